The maximum Gasteiger partial charge on any atom is 0.248 e. The summed E-state index contributed by atoms with van der Waals surface area (Å²) in [5, 5.41) is 32.4. The molecule has 1 aliphatic carbocycles. The molecule has 6 heterocycles. The van der Waals surface area contributed by atoms with E-state index >= 15 is 0 Å². The number of nitrogens with one attached hydrogen (secondary N) is 2. The molecule has 10 rings (SSSR count). The van der Waals surface area contributed by atoms with Gasteiger partial charge in [0.05, 0.1) is 30.5 Å². The van der Waals surface area contributed by atoms with Gasteiger partial charge in [-0.3, -0.25) is 28.6 Å². The second kappa shape index (κ2) is 19.9. The van der Waals surface area contributed by atoms with Gasteiger partial charge >= 0.3 is 0 Å². The lowest BCUT2D eigenvalue weighted by atomic mass is 9.89. The minimum absolute atomic E-state index is 0.0484. The van der Waals surface area contributed by atoms with Crippen LogP contribution in [0.3, 0.4) is 0 Å². The van der Waals surface area contributed by atoms with E-state index in [1.54, 1.807) is 28.4 Å². The van der Waals surface area contributed by atoms with Crippen LogP contribution >= 0.6 is 22.9 Å². The number of aliphatic hydroxyl groups excluding tert-OH is 1. The zero-order valence-corrected chi connectivity index (χ0v) is 42.9. The Kier molecular flexibility index (Phi) is 13.5. The summed E-state index contributed by atoms with van der Waals surface area (Å²) >= 11 is 7.96. The molecule has 0 unspecified atom stereocenters. The average molecular weight is 1010 g/mol. The monoisotopic (exact) mass is 1010 g/mol. The molecular weight excluding hydrogens is 950 g/mol. The highest BCUT2D eigenvalue weighted by Gasteiger charge is 2.43. The molecule has 2 aliphatic heterocycles. The third-order valence-electron chi connectivity index (χ3n) is 14.2. The lowest BCUT2D eigenvalue weighted by Crippen LogP contribution is -2.49. The van der Waals surface area contributed by atoms with Gasteiger partial charge in [0.2, 0.25) is 17.7 Å². The van der Waals surface area contributed by atoms with Crippen molar-refractivity contribution in [3.05, 3.63) is 141 Å². The fourth-order valence-electron chi connectivity index (χ4n) is 10.1. The summed E-state index contributed by atoms with van der Waals surface area (Å²) in [7, 11) is 1.94. The van der Waals surface area contributed by atoms with Crippen LogP contribution in [0.1, 0.15) is 103 Å². The molecule has 372 valence electrons. The number of aromatic nitrogens is 7. The number of fused-ring (bicyclic) bond motifs is 3. The van der Waals surface area contributed by atoms with Gasteiger partial charge < -0.3 is 29.9 Å². The quantitative estimate of drug-likeness (QED) is 0.0966. The number of rotatable bonds is 14. The van der Waals surface area contributed by atoms with Crippen LogP contribution in [0.25, 0.3) is 27.5 Å². The third-order valence-corrected chi connectivity index (χ3v) is 15.6. The molecule has 3 aromatic carbocycles. The molecule has 1 saturated heterocycles. The molecule has 18 heteroatoms. The van der Waals surface area contributed by atoms with Crippen LogP contribution in [-0.2, 0) is 21.4 Å². The first-order valence-electron chi connectivity index (χ1n) is 24.4. The van der Waals surface area contributed by atoms with Crippen molar-refractivity contribution in [1.29, 1.82) is 0 Å². The number of amides is 3. The Morgan fingerprint density at radius 2 is 1.68 bits per heavy atom. The number of halogens is 1. The van der Waals surface area contributed by atoms with E-state index in [1.165, 1.54) is 9.78 Å². The fraction of sp³-hybridized carbons (Fsp3) is 0.370. The first-order valence-corrected chi connectivity index (χ1v) is 25.6. The lowest BCUT2D eigenvalue weighted by Gasteiger charge is -2.36. The van der Waals surface area contributed by atoms with E-state index in [9.17, 15) is 19.5 Å². The van der Waals surface area contributed by atoms with Crippen molar-refractivity contribution in [2.24, 2.45) is 18.0 Å². The van der Waals surface area contributed by atoms with Crippen LogP contribution in [0.4, 0.5) is 0 Å². The molecule has 0 radical (unpaired) electrons. The fourth-order valence-corrected chi connectivity index (χ4v) is 11.4. The number of carbonyl (C=O) groups is 3. The van der Waals surface area contributed by atoms with E-state index in [1.807, 2.05) is 129 Å². The summed E-state index contributed by atoms with van der Waals surface area (Å²) in [5.41, 5.74) is 7.38. The molecule has 5 atom stereocenters. The largest absolute Gasteiger partial charge is 0.490 e. The van der Waals surface area contributed by atoms with E-state index in [0.717, 1.165) is 61.3 Å². The van der Waals surface area contributed by atoms with Crippen LogP contribution < -0.4 is 15.4 Å². The molecule has 2 fully saturated rings. The van der Waals surface area contributed by atoms with Gasteiger partial charge in [-0.15, -0.1) is 21.5 Å². The van der Waals surface area contributed by atoms with Gasteiger partial charge in [0.15, 0.2) is 5.82 Å². The van der Waals surface area contributed by atoms with E-state index in [2.05, 4.69) is 44.8 Å². The van der Waals surface area contributed by atoms with Crippen LogP contribution in [0.5, 0.6) is 5.75 Å². The number of aliphatic imine (C=N–C) groups is 1. The summed E-state index contributed by atoms with van der Waals surface area (Å²) < 4.78 is 12.1. The highest BCUT2D eigenvalue weighted by atomic mass is 35.5. The smallest absolute Gasteiger partial charge is 0.248 e. The summed E-state index contributed by atoms with van der Waals surface area (Å²) in [6.07, 6.45) is 7.80. The molecule has 3 aliphatic rings. The molecule has 0 spiro atoms. The molecule has 3 amide bonds. The Hall–Kier alpha value is -6.95. The Bertz CT molecular complexity index is 3190. The average Bonchev–Trinajstić information content (AvgIpc) is 4.19. The van der Waals surface area contributed by atoms with Crippen LogP contribution in [0, 0.1) is 26.7 Å². The van der Waals surface area contributed by atoms with E-state index in [4.69, 9.17) is 21.3 Å². The van der Waals surface area contributed by atoms with Gasteiger partial charge in [0.25, 0.3) is 0 Å². The number of hydrogen-bond acceptors (Lipinski definition) is 11. The van der Waals surface area contributed by atoms with Crippen molar-refractivity contribution >= 4 is 46.4 Å². The molecule has 4 aromatic heterocycles. The first-order chi connectivity index (χ1) is 34.6. The van der Waals surface area contributed by atoms with Crippen molar-refractivity contribution in [2.45, 2.75) is 110 Å². The molecule has 3 N–H and O–H groups in total. The maximum atomic E-state index is 14.4. The number of aryl methyl sites for hydroxylation is 3. The highest BCUT2D eigenvalue weighted by molar-refractivity contribution is 7.15. The first kappa shape index (κ1) is 48.7. The summed E-state index contributed by atoms with van der Waals surface area (Å²) in [6, 6.07) is 20.7. The zero-order valence-electron chi connectivity index (χ0n) is 41.3. The van der Waals surface area contributed by atoms with Gasteiger partial charge in [0, 0.05) is 89.6 Å². The second-order valence-electron chi connectivity index (χ2n) is 19.6. The topological polar surface area (TPSA) is 187 Å². The van der Waals surface area contributed by atoms with E-state index < -0.39 is 24.2 Å². The Morgan fingerprint density at radius 3 is 2.40 bits per heavy atom. The molecule has 7 aromatic rings. The van der Waals surface area contributed by atoms with Gasteiger partial charge in [-0.25, -0.2) is 4.98 Å². The maximum absolute atomic E-state index is 14.4. The van der Waals surface area contributed by atoms with E-state index in [-0.39, 0.29) is 61.2 Å². The number of benzene rings is 3. The second-order valence-corrected chi connectivity index (χ2v) is 21.3. The Labute approximate surface area is 427 Å². The number of carbonyl (C=O) groups excluding carboxylic acids is 3. The van der Waals surface area contributed by atoms with Crippen molar-refractivity contribution in [3.63, 3.8) is 0 Å². The number of aliphatic hydroxyl groups is 1. The van der Waals surface area contributed by atoms with Crippen molar-refractivity contribution in [1.82, 2.24) is 49.6 Å². The predicted octanol–water partition coefficient (Wildman–Crippen LogP) is 8.22. The van der Waals surface area contributed by atoms with Crippen molar-refractivity contribution in [3.8, 4) is 33.3 Å². The molecule has 0 bridgehead atoms. The minimum Gasteiger partial charge on any atom is -0.490 e. The summed E-state index contributed by atoms with van der Waals surface area (Å²) in [5.74, 6) is 1.99. The van der Waals surface area contributed by atoms with E-state index in [0.29, 0.717) is 29.4 Å². The summed E-state index contributed by atoms with van der Waals surface area (Å²) in [6.45, 7) is 12.0. The minimum atomic E-state index is -0.841. The lowest BCUT2D eigenvalue weighted by molar-refractivity contribution is -0.142. The third kappa shape index (κ3) is 9.60. The normalized spacial score (nSPS) is 20.2. The number of hydrogen-bond donors (Lipinski definition) is 3. The summed E-state index contributed by atoms with van der Waals surface area (Å²) in [4.78, 5) is 54.4. The number of nitrogens with zero attached hydrogens (tertiary/aromatic N) is 9. The number of β-amino-alcohol motifs (C(OH)–C–C–N with tert-alkyl or cyclic N) is 1. The Balaban J connectivity index is 0.762. The molecule has 72 heavy (non-hydrogen) atoms. The van der Waals surface area contributed by atoms with Crippen molar-refractivity contribution < 1.29 is 24.2 Å². The van der Waals surface area contributed by atoms with Crippen LogP contribution in [0.15, 0.2) is 103 Å². The van der Waals surface area contributed by atoms with Crippen molar-refractivity contribution in [2.75, 3.05) is 6.54 Å². The molecule has 16 nitrogen and oxygen atoms in total. The number of ether oxygens (including phenoxy) is 1. The number of thiophene rings is 1. The molecular formula is C54H58ClN11O5S. The number of imidazole rings is 1. The number of likely N-dealkylation sites (tertiary alicyclic amines) is 1. The van der Waals surface area contributed by atoms with Gasteiger partial charge in [-0.2, -0.15) is 5.10 Å². The highest BCUT2D eigenvalue weighted by Crippen LogP contribution is 2.40. The zero-order chi connectivity index (χ0) is 50.5. The van der Waals surface area contributed by atoms with Gasteiger partial charge in [-0.1, -0.05) is 74.0 Å². The SMILES string of the molecule is Cc1sc2c(c1C)C(c1ccc(Cl)cc1)=N[C@@H](CC(=O)N[C@H]1C[C@@H](Oc3cccc(-c4cnn([C@H](C(=O)N5C[C@H](O)C[C@H]5C(=O)N[C@@H](C)c5ccc(-c6nccn6C)cc5)C(C)C)c4)c3)C1)c1nnc(C)n1-2. The predicted molar refractivity (Wildman–Crippen MR) is 276 cm³/mol. The van der Waals surface area contributed by atoms with Crippen LogP contribution in [-0.4, -0.2) is 98.4 Å². The molecule has 1 saturated carbocycles. The van der Waals surface area contributed by atoms with Gasteiger partial charge in [0.1, 0.15) is 46.6 Å². The Morgan fingerprint density at radius 1 is 0.931 bits per heavy atom. The van der Waals surface area contributed by atoms with Crippen LogP contribution in [0.2, 0.25) is 5.02 Å². The standard InChI is InChI=1S/C54H58ClN11O5S/c1-29(2)49(53(70)64-28-41(67)24-45(64)52(69)58-31(4)34-11-13-36(14-12-34)50-56-19-20-63(50)7)65-27-38(26-57-65)37-9-8-10-42(21-37)71-43-22-40(23-43)59-46(68)25-44-51-62-61-33(6)66(51)54-47(30(3)32(5)72-54)48(60-44)35-15-17-39(55)18-16-35/h8-21,26-27,29,31,40-41,43-45,49,67H,22-25,28H2,1-7H3,(H,58,69)(H,59,68)/t31-,40-,41+,43+,44-,45-,49-/m0/s1. The van der Waals surface area contributed by atoms with Gasteiger partial charge in [-0.05, 0) is 74.6 Å².